The molecule has 0 fully saturated rings. The molecule has 2 aromatic carbocycles. The zero-order chi connectivity index (χ0) is 17.5. The molecule has 25 heavy (non-hydrogen) atoms. The van der Waals surface area contributed by atoms with Crippen molar-refractivity contribution in [1.82, 2.24) is 0 Å². The van der Waals surface area contributed by atoms with Crippen molar-refractivity contribution in [3.63, 3.8) is 0 Å². The molecule has 0 aromatic heterocycles. The van der Waals surface area contributed by atoms with E-state index in [2.05, 4.69) is 16.4 Å². The van der Waals surface area contributed by atoms with Gasteiger partial charge >= 0.3 is 0 Å². The van der Waals surface area contributed by atoms with Crippen LogP contribution in [-0.2, 0) is 4.79 Å². The number of benzene rings is 2. The van der Waals surface area contributed by atoms with E-state index >= 15 is 0 Å². The van der Waals surface area contributed by atoms with E-state index in [9.17, 15) is 4.79 Å². The van der Waals surface area contributed by atoms with Crippen LogP contribution in [0.15, 0.2) is 89.1 Å². The lowest BCUT2D eigenvalue weighted by molar-refractivity contribution is -0.115. The van der Waals surface area contributed by atoms with Gasteiger partial charge in [0.25, 0.3) is 0 Å². The predicted molar refractivity (Wildman–Crippen MR) is 104 cm³/mol. The Morgan fingerprint density at radius 3 is 2.36 bits per heavy atom. The maximum Gasteiger partial charge on any atom is 0.126 e. The molecule has 1 atom stereocenters. The SMILES string of the molecule is CC1(C=O)CC(/C=N\c2ccccc2)=CC(=C/Nc2ccccc2)/C1. The molecule has 0 saturated carbocycles. The average molecular weight is 330 g/mol. The summed E-state index contributed by atoms with van der Waals surface area (Å²) in [4.78, 5) is 16.1. The first-order valence-corrected chi connectivity index (χ1v) is 8.44. The van der Waals surface area contributed by atoms with Gasteiger partial charge in [-0.3, -0.25) is 4.99 Å². The summed E-state index contributed by atoms with van der Waals surface area (Å²) in [7, 11) is 0. The summed E-state index contributed by atoms with van der Waals surface area (Å²) in [5.74, 6) is 0. The first kappa shape index (κ1) is 16.9. The fourth-order valence-corrected chi connectivity index (χ4v) is 2.98. The van der Waals surface area contributed by atoms with Gasteiger partial charge in [-0.05, 0) is 48.3 Å². The number of anilines is 1. The average Bonchev–Trinajstić information content (AvgIpc) is 2.66. The Labute approximate surface area is 148 Å². The topological polar surface area (TPSA) is 41.5 Å². The van der Waals surface area contributed by atoms with Crippen LogP contribution in [0.25, 0.3) is 0 Å². The van der Waals surface area contributed by atoms with Crippen molar-refractivity contribution < 1.29 is 4.79 Å². The number of aliphatic imine (C=N–C) groups is 1. The van der Waals surface area contributed by atoms with Crippen LogP contribution in [0.5, 0.6) is 0 Å². The molecular weight excluding hydrogens is 308 g/mol. The molecule has 1 N–H and O–H groups in total. The molecular formula is C22H22N2O. The van der Waals surface area contributed by atoms with Crippen LogP contribution in [-0.4, -0.2) is 12.5 Å². The highest BCUT2D eigenvalue weighted by Gasteiger charge is 2.29. The van der Waals surface area contributed by atoms with Crippen LogP contribution < -0.4 is 5.32 Å². The lowest BCUT2D eigenvalue weighted by Crippen LogP contribution is -2.23. The van der Waals surface area contributed by atoms with Crippen molar-refractivity contribution in [2.24, 2.45) is 10.4 Å². The molecule has 3 heteroatoms. The second-order valence-electron chi connectivity index (χ2n) is 6.67. The number of para-hydroxylation sites is 2. The van der Waals surface area contributed by atoms with Crippen molar-refractivity contribution in [3.05, 3.63) is 84.1 Å². The zero-order valence-electron chi connectivity index (χ0n) is 14.4. The number of carbonyl (C=O) groups is 1. The predicted octanol–water partition coefficient (Wildman–Crippen LogP) is 5.31. The van der Waals surface area contributed by atoms with Gasteiger partial charge in [-0.1, -0.05) is 49.4 Å². The summed E-state index contributed by atoms with van der Waals surface area (Å²) < 4.78 is 0. The number of nitrogens with zero attached hydrogens (tertiary/aromatic N) is 1. The third kappa shape index (κ3) is 4.77. The van der Waals surface area contributed by atoms with E-state index in [4.69, 9.17) is 0 Å². The van der Waals surface area contributed by atoms with Crippen molar-refractivity contribution >= 4 is 23.9 Å². The largest absolute Gasteiger partial charge is 0.361 e. The number of rotatable bonds is 5. The number of nitrogens with one attached hydrogen (secondary N) is 1. The molecule has 0 heterocycles. The lowest BCUT2D eigenvalue weighted by atomic mass is 9.75. The zero-order valence-corrected chi connectivity index (χ0v) is 14.4. The number of carbonyl (C=O) groups excluding carboxylic acids is 1. The third-order valence-corrected chi connectivity index (χ3v) is 4.20. The minimum absolute atomic E-state index is 0.392. The lowest BCUT2D eigenvalue weighted by Gasteiger charge is -2.28. The standard InChI is InChI=1S/C22H22N2O/c1-22(17-25)13-18(15-23-20-8-4-2-5-9-20)12-19(14-22)16-24-21-10-6-3-7-11-21/h2-12,15-17,23H,13-14H2,1H3/b18-15-,24-16-. The van der Waals surface area contributed by atoms with Crippen LogP contribution in [0.4, 0.5) is 11.4 Å². The van der Waals surface area contributed by atoms with Crippen LogP contribution >= 0.6 is 0 Å². The molecule has 0 spiro atoms. The molecule has 3 nitrogen and oxygen atoms in total. The van der Waals surface area contributed by atoms with E-state index in [1.54, 1.807) is 0 Å². The van der Waals surface area contributed by atoms with Crippen LogP contribution in [0, 0.1) is 5.41 Å². The van der Waals surface area contributed by atoms with Gasteiger partial charge in [0.05, 0.1) is 5.69 Å². The molecule has 0 aliphatic heterocycles. The molecule has 0 bridgehead atoms. The van der Waals surface area contributed by atoms with Gasteiger partial charge in [0, 0.05) is 23.5 Å². The molecule has 1 unspecified atom stereocenters. The quantitative estimate of drug-likeness (QED) is 0.596. The molecule has 126 valence electrons. The summed E-state index contributed by atoms with van der Waals surface area (Å²) in [6.45, 7) is 2.00. The van der Waals surface area contributed by atoms with Gasteiger partial charge in [0.15, 0.2) is 0 Å². The molecule has 0 saturated heterocycles. The van der Waals surface area contributed by atoms with Crippen molar-refractivity contribution in [1.29, 1.82) is 0 Å². The molecule has 3 rings (SSSR count). The number of hydrogen-bond acceptors (Lipinski definition) is 3. The van der Waals surface area contributed by atoms with E-state index in [1.807, 2.05) is 80.0 Å². The summed E-state index contributed by atoms with van der Waals surface area (Å²) in [5.41, 5.74) is 3.71. The number of hydrogen-bond donors (Lipinski definition) is 1. The fourth-order valence-electron chi connectivity index (χ4n) is 2.98. The second kappa shape index (κ2) is 7.75. The maximum atomic E-state index is 11.6. The van der Waals surface area contributed by atoms with Crippen molar-refractivity contribution in [2.45, 2.75) is 19.8 Å². The Bertz CT molecular complexity index is 806. The van der Waals surface area contributed by atoms with Gasteiger partial charge in [-0.25, -0.2) is 0 Å². The van der Waals surface area contributed by atoms with Crippen LogP contribution in [0.1, 0.15) is 19.8 Å². The molecule has 1 aliphatic carbocycles. The highest BCUT2D eigenvalue weighted by atomic mass is 16.1. The molecule has 0 amide bonds. The van der Waals surface area contributed by atoms with Gasteiger partial charge < -0.3 is 10.1 Å². The number of aldehydes is 1. The normalized spacial score (nSPS) is 22.0. The monoisotopic (exact) mass is 330 g/mol. The fraction of sp³-hybridized carbons (Fsp3) is 0.182. The van der Waals surface area contributed by atoms with E-state index in [1.165, 1.54) is 0 Å². The Kier molecular flexibility index (Phi) is 5.24. The van der Waals surface area contributed by atoms with Crippen LogP contribution in [0.3, 0.4) is 0 Å². The molecule has 0 radical (unpaired) electrons. The summed E-state index contributed by atoms with van der Waals surface area (Å²) in [6, 6.07) is 19.8. The van der Waals surface area contributed by atoms with Gasteiger partial charge in [0.2, 0.25) is 0 Å². The van der Waals surface area contributed by atoms with Crippen molar-refractivity contribution in [2.75, 3.05) is 5.32 Å². The maximum absolute atomic E-state index is 11.6. The van der Waals surface area contributed by atoms with Gasteiger partial charge in [0.1, 0.15) is 6.29 Å². The summed E-state index contributed by atoms with van der Waals surface area (Å²) >= 11 is 0. The highest BCUT2D eigenvalue weighted by Crippen LogP contribution is 2.36. The second-order valence-corrected chi connectivity index (χ2v) is 6.67. The van der Waals surface area contributed by atoms with E-state index in [-0.39, 0.29) is 0 Å². The van der Waals surface area contributed by atoms with E-state index in [0.29, 0.717) is 6.42 Å². The van der Waals surface area contributed by atoms with Crippen LogP contribution in [0.2, 0.25) is 0 Å². The first-order chi connectivity index (χ1) is 12.2. The minimum Gasteiger partial charge on any atom is -0.361 e. The molecule has 2 aromatic rings. The molecule has 1 aliphatic rings. The van der Waals surface area contributed by atoms with Gasteiger partial charge in [-0.2, -0.15) is 0 Å². The summed E-state index contributed by atoms with van der Waals surface area (Å²) in [5, 5.41) is 3.30. The van der Waals surface area contributed by atoms with Gasteiger partial charge in [-0.15, -0.1) is 0 Å². The van der Waals surface area contributed by atoms with E-state index < -0.39 is 5.41 Å². The smallest absolute Gasteiger partial charge is 0.126 e. The Balaban J connectivity index is 1.81. The minimum atomic E-state index is -0.392. The van der Waals surface area contributed by atoms with E-state index in [0.717, 1.165) is 35.2 Å². The highest BCUT2D eigenvalue weighted by molar-refractivity contribution is 5.84. The Hall–Kier alpha value is -2.94. The first-order valence-electron chi connectivity index (χ1n) is 8.44. The van der Waals surface area contributed by atoms with Crippen molar-refractivity contribution in [3.8, 4) is 0 Å². The third-order valence-electron chi connectivity index (χ3n) is 4.20. The Morgan fingerprint density at radius 2 is 1.68 bits per heavy atom. The summed E-state index contributed by atoms with van der Waals surface area (Å²) in [6.07, 6.45) is 8.45. The Morgan fingerprint density at radius 1 is 1.00 bits per heavy atom. The number of allylic oxidation sites excluding steroid dienone is 3.